The minimum absolute atomic E-state index is 0.400. The van der Waals surface area contributed by atoms with Gasteiger partial charge in [-0.05, 0) is 48.4 Å². The Kier molecular flexibility index (Phi) is 5.87. The van der Waals surface area contributed by atoms with Crippen molar-refractivity contribution in [3.63, 3.8) is 0 Å². The zero-order chi connectivity index (χ0) is 22.0. The van der Waals surface area contributed by atoms with Crippen molar-refractivity contribution in [1.82, 2.24) is 0 Å². The smallest absolute Gasteiger partial charge is 0.273 e. The molecule has 4 amide bonds. The van der Waals surface area contributed by atoms with Gasteiger partial charge in [0.15, 0.2) is 0 Å². The van der Waals surface area contributed by atoms with E-state index in [-0.39, 0.29) is 0 Å². The first-order valence-electron chi connectivity index (χ1n) is 10.1. The Morgan fingerprint density at radius 1 is 0.742 bits per heavy atom. The third-order valence-electron chi connectivity index (χ3n) is 5.52. The number of benzene rings is 3. The van der Waals surface area contributed by atoms with Crippen molar-refractivity contribution in [3.05, 3.63) is 95.5 Å². The van der Waals surface area contributed by atoms with Crippen molar-refractivity contribution in [3.8, 4) is 0 Å². The van der Waals surface area contributed by atoms with Crippen LogP contribution in [0.3, 0.4) is 0 Å². The van der Waals surface area contributed by atoms with Crippen LogP contribution in [0.25, 0.3) is 0 Å². The summed E-state index contributed by atoms with van der Waals surface area (Å²) in [5.74, 6) is -2.47. The van der Waals surface area contributed by atoms with Crippen molar-refractivity contribution in [2.45, 2.75) is 19.3 Å². The van der Waals surface area contributed by atoms with Crippen LogP contribution in [0, 0.1) is 5.92 Å². The van der Waals surface area contributed by atoms with Gasteiger partial charge in [0.25, 0.3) is 0 Å². The Hall–Kier alpha value is -3.44. The van der Waals surface area contributed by atoms with E-state index in [2.05, 4.69) is 0 Å². The summed E-state index contributed by atoms with van der Waals surface area (Å²) in [7, 11) is 0. The van der Waals surface area contributed by atoms with Crippen molar-refractivity contribution in [2.75, 3.05) is 9.80 Å². The van der Waals surface area contributed by atoms with Gasteiger partial charge in [0.1, 0.15) is 5.92 Å². The summed E-state index contributed by atoms with van der Waals surface area (Å²) in [6.07, 6.45) is 0.545. The fraction of sp³-hybridized carbons (Fsp3) is 0.160. The van der Waals surface area contributed by atoms with Crippen LogP contribution in [0.4, 0.5) is 16.2 Å². The molecule has 0 N–H and O–H groups in total. The fourth-order valence-corrected chi connectivity index (χ4v) is 4.15. The topological polar surface area (TPSA) is 57.7 Å². The van der Waals surface area contributed by atoms with E-state index in [1.807, 2.05) is 31.2 Å². The van der Waals surface area contributed by atoms with Gasteiger partial charge in [-0.25, -0.2) is 14.6 Å². The standard InChI is InChI=1S/C25H21ClN2O3/c1-2-21(17-13-15-18(26)16-14-17)22-23(29)27(19-9-5-3-6-10-19)25(31)28(24(22)30)20-11-7-4-8-12-20/h3-16,21-22H,2H2,1H3. The Morgan fingerprint density at radius 2 is 1.19 bits per heavy atom. The average Bonchev–Trinajstić information content (AvgIpc) is 2.79. The Balaban J connectivity index is 1.84. The Labute approximate surface area is 185 Å². The monoisotopic (exact) mass is 432 g/mol. The van der Waals surface area contributed by atoms with Gasteiger partial charge in [-0.2, -0.15) is 0 Å². The first-order valence-corrected chi connectivity index (χ1v) is 10.5. The number of hydrogen-bond acceptors (Lipinski definition) is 3. The molecule has 0 aliphatic carbocycles. The SMILES string of the molecule is CCC(c1ccc(Cl)cc1)C1C(=O)N(c2ccccc2)C(=O)N(c2ccccc2)C1=O. The van der Waals surface area contributed by atoms with Crippen LogP contribution in [0.15, 0.2) is 84.9 Å². The number of urea groups is 1. The summed E-state index contributed by atoms with van der Waals surface area (Å²) in [6, 6.07) is 23.9. The number of para-hydroxylation sites is 2. The van der Waals surface area contributed by atoms with E-state index in [9.17, 15) is 14.4 Å². The lowest BCUT2D eigenvalue weighted by molar-refractivity contribution is -0.133. The molecule has 1 fully saturated rings. The molecule has 3 aromatic rings. The second kappa shape index (κ2) is 8.74. The molecule has 0 bridgehead atoms. The van der Waals surface area contributed by atoms with Crippen LogP contribution in [0.2, 0.25) is 5.02 Å². The molecular formula is C25H21ClN2O3. The number of carbonyl (C=O) groups is 3. The van der Waals surface area contributed by atoms with Crippen LogP contribution in [0.5, 0.6) is 0 Å². The minimum atomic E-state index is -1.04. The van der Waals surface area contributed by atoms with Crippen LogP contribution in [-0.2, 0) is 9.59 Å². The molecule has 3 aromatic carbocycles. The van der Waals surface area contributed by atoms with E-state index in [0.717, 1.165) is 15.4 Å². The number of rotatable bonds is 5. The molecule has 31 heavy (non-hydrogen) atoms. The lowest BCUT2D eigenvalue weighted by Gasteiger charge is -2.39. The molecule has 1 atom stereocenters. The zero-order valence-electron chi connectivity index (χ0n) is 16.9. The summed E-state index contributed by atoms with van der Waals surface area (Å²) < 4.78 is 0. The highest BCUT2D eigenvalue weighted by Crippen LogP contribution is 2.37. The number of halogens is 1. The highest BCUT2D eigenvalue weighted by atomic mass is 35.5. The van der Waals surface area contributed by atoms with E-state index in [1.54, 1.807) is 60.7 Å². The van der Waals surface area contributed by atoms with Gasteiger partial charge in [0.2, 0.25) is 11.8 Å². The maximum Gasteiger partial charge on any atom is 0.342 e. The van der Waals surface area contributed by atoms with Crippen LogP contribution in [-0.4, -0.2) is 17.8 Å². The Bertz CT molecular complexity index is 1040. The van der Waals surface area contributed by atoms with Crippen LogP contribution < -0.4 is 9.80 Å². The van der Waals surface area contributed by atoms with Gasteiger partial charge < -0.3 is 0 Å². The number of amides is 4. The molecule has 5 nitrogen and oxygen atoms in total. The lowest BCUT2D eigenvalue weighted by atomic mass is 9.81. The Morgan fingerprint density at radius 3 is 1.61 bits per heavy atom. The zero-order valence-corrected chi connectivity index (χ0v) is 17.7. The van der Waals surface area contributed by atoms with E-state index < -0.39 is 29.7 Å². The summed E-state index contributed by atoms with van der Waals surface area (Å²) in [5.41, 5.74) is 1.69. The molecule has 1 saturated heterocycles. The second-order valence-corrected chi connectivity index (χ2v) is 7.78. The van der Waals surface area contributed by atoms with Crippen LogP contribution >= 0.6 is 11.6 Å². The van der Waals surface area contributed by atoms with Crippen LogP contribution in [0.1, 0.15) is 24.8 Å². The third kappa shape index (κ3) is 3.84. The first-order chi connectivity index (χ1) is 15.0. The molecule has 0 aromatic heterocycles. The fourth-order valence-electron chi connectivity index (χ4n) is 4.02. The minimum Gasteiger partial charge on any atom is -0.273 e. The quantitative estimate of drug-likeness (QED) is 0.489. The van der Waals surface area contributed by atoms with Crippen molar-refractivity contribution in [1.29, 1.82) is 0 Å². The molecule has 1 aliphatic heterocycles. The van der Waals surface area contributed by atoms with E-state index in [1.165, 1.54) is 0 Å². The highest BCUT2D eigenvalue weighted by molar-refractivity contribution is 6.36. The summed E-state index contributed by atoms with van der Waals surface area (Å²) in [4.78, 5) is 42.8. The lowest BCUT2D eigenvalue weighted by Crippen LogP contribution is -2.61. The van der Waals surface area contributed by atoms with E-state index in [0.29, 0.717) is 22.8 Å². The molecular weight excluding hydrogens is 412 g/mol. The predicted molar refractivity (Wildman–Crippen MR) is 121 cm³/mol. The van der Waals surface area contributed by atoms with Gasteiger partial charge in [-0.15, -0.1) is 0 Å². The van der Waals surface area contributed by atoms with Gasteiger partial charge in [-0.1, -0.05) is 67.1 Å². The normalized spacial score (nSPS) is 16.0. The maximum absolute atomic E-state index is 13.6. The number of carbonyl (C=O) groups excluding carboxylic acids is 3. The largest absolute Gasteiger partial charge is 0.342 e. The summed E-state index contributed by atoms with van der Waals surface area (Å²) in [6.45, 7) is 1.93. The van der Waals surface area contributed by atoms with Gasteiger partial charge in [-0.3, -0.25) is 9.59 Å². The molecule has 0 saturated carbocycles. The molecule has 1 unspecified atom stereocenters. The molecule has 156 valence electrons. The number of barbiturate groups is 1. The molecule has 0 spiro atoms. The maximum atomic E-state index is 13.6. The second-order valence-electron chi connectivity index (χ2n) is 7.34. The van der Waals surface area contributed by atoms with Crippen molar-refractivity contribution >= 4 is 40.8 Å². The highest BCUT2D eigenvalue weighted by Gasteiger charge is 2.50. The molecule has 6 heteroatoms. The van der Waals surface area contributed by atoms with Gasteiger partial charge in [0, 0.05) is 10.9 Å². The van der Waals surface area contributed by atoms with Crippen molar-refractivity contribution < 1.29 is 14.4 Å². The first kappa shape index (κ1) is 20.8. The van der Waals surface area contributed by atoms with E-state index in [4.69, 9.17) is 11.6 Å². The van der Waals surface area contributed by atoms with Gasteiger partial charge in [0.05, 0.1) is 11.4 Å². The number of hydrogen-bond donors (Lipinski definition) is 0. The average molecular weight is 433 g/mol. The third-order valence-corrected chi connectivity index (χ3v) is 5.78. The van der Waals surface area contributed by atoms with Crippen molar-refractivity contribution in [2.24, 2.45) is 5.92 Å². The number of nitrogens with zero attached hydrogens (tertiary/aromatic N) is 2. The molecule has 4 rings (SSSR count). The molecule has 1 aliphatic rings. The summed E-state index contributed by atoms with van der Waals surface area (Å²) >= 11 is 6.03. The molecule has 0 radical (unpaired) electrons. The predicted octanol–water partition coefficient (Wildman–Crippen LogP) is 5.65. The van der Waals surface area contributed by atoms with E-state index >= 15 is 0 Å². The number of imide groups is 2. The number of anilines is 2. The molecule has 1 heterocycles. The summed E-state index contributed by atoms with van der Waals surface area (Å²) in [5, 5.41) is 0.576. The van der Waals surface area contributed by atoms with Gasteiger partial charge >= 0.3 is 6.03 Å².